The highest BCUT2D eigenvalue weighted by atomic mass is 79.9. The monoisotopic (exact) mass is 276 g/mol. The quantitative estimate of drug-likeness (QED) is 0.629. The number of rotatable bonds is 3. The molecular formula is C10H10BrFO3. The Morgan fingerprint density at radius 1 is 1.47 bits per heavy atom. The summed E-state index contributed by atoms with van der Waals surface area (Å²) >= 11 is 3.13. The maximum Gasteiger partial charge on any atom is 0.337 e. The van der Waals surface area contributed by atoms with E-state index in [1.165, 1.54) is 26.4 Å². The molecule has 3 nitrogen and oxygen atoms in total. The Morgan fingerprint density at radius 3 is 2.60 bits per heavy atom. The minimum Gasteiger partial charge on any atom is -0.494 e. The number of esters is 1. The summed E-state index contributed by atoms with van der Waals surface area (Å²) in [6.45, 7) is 0. The fourth-order valence-corrected chi connectivity index (χ4v) is 1.55. The zero-order valence-corrected chi connectivity index (χ0v) is 9.93. The Labute approximate surface area is 95.3 Å². The molecule has 0 unspecified atom stereocenters. The maximum absolute atomic E-state index is 13.5. The second-order valence-corrected chi connectivity index (χ2v) is 3.34. The Kier molecular flexibility index (Phi) is 4.08. The van der Waals surface area contributed by atoms with Crippen LogP contribution in [0.2, 0.25) is 0 Å². The first-order chi connectivity index (χ1) is 7.13. The number of halogens is 2. The molecule has 5 heteroatoms. The lowest BCUT2D eigenvalue weighted by molar-refractivity contribution is 0.0600. The van der Waals surface area contributed by atoms with Gasteiger partial charge in [-0.2, -0.15) is 0 Å². The van der Waals surface area contributed by atoms with E-state index in [4.69, 9.17) is 4.74 Å². The molecule has 15 heavy (non-hydrogen) atoms. The molecular weight excluding hydrogens is 267 g/mol. The summed E-state index contributed by atoms with van der Waals surface area (Å²) in [5, 5.41) is 0.306. The summed E-state index contributed by atoms with van der Waals surface area (Å²) in [4.78, 5) is 11.2. The van der Waals surface area contributed by atoms with Crippen LogP contribution in [0.15, 0.2) is 12.1 Å². The summed E-state index contributed by atoms with van der Waals surface area (Å²) in [5.41, 5.74) is 0.625. The van der Waals surface area contributed by atoms with Gasteiger partial charge in [-0.05, 0) is 12.1 Å². The first kappa shape index (κ1) is 12.0. The fourth-order valence-electron chi connectivity index (χ4n) is 1.14. The number of carbonyl (C=O) groups excluding carboxylic acids is 1. The van der Waals surface area contributed by atoms with Gasteiger partial charge >= 0.3 is 5.97 Å². The van der Waals surface area contributed by atoms with Gasteiger partial charge in [0.15, 0.2) is 11.6 Å². The van der Waals surface area contributed by atoms with E-state index in [1.54, 1.807) is 0 Å². The average Bonchev–Trinajstić information content (AvgIpc) is 2.28. The maximum atomic E-state index is 13.5. The zero-order valence-electron chi connectivity index (χ0n) is 8.34. The normalized spacial score (nSPS) is 9.87. The van der Waals surface area contributed by atoms with Gasteiger partial charge in [0.05, 0.1) is 19.8 Å². The average molecular weight is 277 g/mol. The Morgan fingerprint density at radius 2 is 2.13 bits per heavy atom. The van der Waals surface area contributed by atoms with Crippen molar-refractivity contribution in [3.05, 3.63) is 29.1 Å². The molecule has 0 saturated heterocycles. The number of ether oxygens (including phenoxy) is 2. The first-order valence-electron chi connectivity index (χ1n) is 4.14. The van der Waals surface area contributed by atoms with Crippen molar-refractivity contribution in [3.8, 4) is 5.75 Å². The molecule has 0 saturated carbocycles. The van der Waals surface area contributed by atoms with Crippen LogP contribution < -0.4 is 4.74 Å². The molecule has 1 rings (SSSR count). The van der Waals surface area contributed by atoms with Gasteiger partial charge in [0, 0.05) is 10.9 Å². The lowest BCUT2D eigenvalue weighted by atomic mass is 10.1. The Balaban J connectivity index is 3.26. The molecule has 0 heterocycles. The van der Waals surface area contributed by atoms with Crippen LogP contribution in [0.3, 0.4) is 0 Å². The van der Waals surface area contributed by atoms with Crippen molar-refractivity contribution in [1.82, 2.24) is 0 Å². The van der Waals surface area contributed by atoms with E-state index in [0.29, 0.717) is 10.9 Å². The van der Waals surface area contributed by atoms with Crippen LogP contribution in [0, 0.1) is 5.82 Å². The van der Waals surface area contributed by atoms with Crippen LogP contribution in [0.25, 0.3) is 0 Å². The zero-order chi connectivity index (χ0) is 11.4. The topological polar surface area (TPSA) is 35.5 Å². The molecule has 82 valence electrons. The molecule has 0 aliphatic heterocycles. The first-order valence-corrected chi connectivity index (χ1v) is 5.26. The van der Waals surface area contributed by atoms with Crippen molar-refractivity contribution in [2.24, 2.45) is 0 Å². The largest absolute Gasteiger partial charge is 0.494 e. The third-order valence-corrected chi connectivity index (χ3v) is 2.50. The van der Waals surface area contributed by atoms with E-state index in [9.17, 15) is 9.18 Å². The molecule has 0 aliphatic rings. The number of carbonyl (C=O) groups is 1. The summed E-state index contributed by atoms with van der Waals surface area (Å²) in [6.07, 6.45) is 0. The van der Waals surface area contributed by atoms with Crippen LogP contribution in [0.1, 0.15) is 15.9 Å². The van der Waals surface area contributed by atoms with Crippen molar-refractivity contribution >= 4 is 21.9 Å². The minimum atomic E-state index is -0.518. The second-order valence-electron chi connectivity index (χ2n) is 2.78. The summed E-state index contributed by atoms with van der Waals surface area (Å²) in [6, 6.07) is 2.74. The number of alkyl halides is 1. The van der Waals surface area contributed by atoms with Crippen molar-refractivity contribution in [3.63, 3.8) is 0 Å². The van der Waals surface area contributed by atoms with Crippen molar-refractivity contribution < 1.29 is 18.7 Å². The van der Waals surface area contributed by atoms with Crippen LogP contribution in [-0.4, -0.2) is 20.2 Å². The van der Waals surface area contributed by atoms with Gasteiger partial charge in [0.25, 0.3) is 0 Å². The molecule has 0 aliphatic carbocycles. The van der Waals surface area contributed by atoms with E-state index in [1.807, 2.05) is 0 Å². The van der Waals surface area contributed by atoms with Gasteiger partial charge in [-0.15, -0.1) is 0 Å². The van der Waals surface area contributed by atoms with Crippen LogP contribution >= 0.6 is 15.9 Å². The molecule has 0 spiro atoms. The molecule has 0 fully saturated rings. The van der Waals surface area contributed by atoms with E-state index in [-0.39, 0.29) is 11.3 Å². The highest BCUT2D eigenvalue weighted by Gasteiger charge is 2.14. The minimum absolute atomic E-state index is 0.0346. The van der Waals surface area contributed by atoms with E-state index in [2.05, 4.69) is 20.7 Å². The van der Waals surface area contributed by atoms with Crippen LogP contribution in [-0.2, 0) is 10.1 Å². The Bertz CT molecular complexity index is 354. The number of methoxy groups -OCH3 is 2. The third-order valence-electron chi connectivity index (χ3n) is 1.90. The lowest BCUT2D eigenvalue weighted by Gasteiger charge is -2.08. The number of hydrogen-bond acceptors (Lipinski definition) is 3. The molecule has 0 radical (unpaired) electrons. The number of benzene rings is 1. The molecule has 0 amide bonds. The van der Waals surface area contributed by atoms with Gasteiger partial charge in [-0.25, -0.2) is 9.18 Å². The van der Waals surface area contributed by atoms with Gasteiger partial charge in [0.1, 0.15) is 0 Å². The number of hydrogen-bond donors (Lipinski definition) is 0. The standard InChI is InChI=1S/C10H10BrFO3/c1-14-8-4-6(10(13)15-2)3-7(5-11)9(8)12/h3-4H,5H2,1-2H3. The van der Waals surface area contributed by atoms with Gasteiger partial charge in [0.2, 0.25) is 0 Å². The van der Waals surface area contributed by atoms with E-state index >= 15 is 0 Å². The van der Waals surface area contributed by atoms with Crippen molar-refractivity contribution in [2.75, 3.05) is 14.2 Å². The predicted octanol–water partition coefficient (Wildman–Crippen LogP) is 2.52. The smallest absolute Gasteiger partial charge is 0.337 e. The molecule has 0 bridgehead atoms. The van der Waals surface area contributed by atoms with Crippen molar-refractivity contribution in [1.29, 1.82) is 0 Å². The SMILES string of the molecule is COC(=O)c1cc(CBr)c(F)c(OC)c1. The predicted molar refractivity (Wildman–Crippen MR) is 56.9 cm³/mol. The summed E-state index contributed by atoms with van der Waals surface area (Å²) < 4.78 is 22.9. The summed E-state index contributed by atoms with van der Waals surface area (Å²) in [5.74, 6) is -0.954. The van der Waals surface area contributed by atoms with Gasteiger partial charge < -0.3 is 9.47 Å². The highest BCUT2D eigenvalue weighted by Crippen LogP contribution is 2.24. The summed E-state index contributed by atoms with van der Waals surface area (Å²) in [7, 11) is 2.61. The molecule has 1 aromatic rings. The van der Waals surface area contributed by atoms with Crippen LogP contribution in [0.4, 0.5) is 4.39 Å². The second kappa shape index (κ2) is 5.11. The van der Waals surface area contributed by atoms with E-state index < -0.39 is 11.8 Å². The van der Waals surface area contributed by atoms with Crippen molar-refractivity contribution in [2.45, 2.75) is 5.33 Å². The molecule has 0 aromatic heterocycles. The fraction of sp³-hybridized carbons (Fsp3) is 0.300. The molecule has 1 aromatic carbocycles. The van der Waals surface area contributed by atoms with Gasteiger partial charge in [-0.3, -0.25) is 0 Å². The molecule has 0 atom stereocenters. The molecule has 0 N–H and O–H groups in total. The lowest BCUT2D eigenvalue weighted by Crippen LogP contribution is -2.04. The van der Waals surface area contributed by atoms with Crippen LogP contribution in [0.5, 0.6) is 5.75 Å². The van der Waals surface area contributed by atoms with Gasteiger partial charge in [-0.1, -0.05) is 15.9 Å². The third kappa shape index (κ3) is 2.47. The Hall–Kier alpha value is -1.10. The van der Waals surface area contributed by atoms with E-state index in [0.717, 1.165) is 0 Å². The highest BCUT2D eigenvalue weighted by molar-refractivity contribution is 9.08.